The first-order valence-corrected chi connectivity index (χ1v) is 14.6. The lowest BCUT2D eigenvalue weighted by atomic mass is 9.48. The van der Waals surface area contributed by atoms with E-state index in [2.05, 4.69) is 11.1 Å². The first-order valence-electron chi connectivity index (χ1n) is 14.6. The lowest BCUT2D eigenvalue weighted by molar-refractivity contribution is -0.137. The zero-order chi connectivity index (χ0) is 28.1. The second-order valence-corrected chi connectivity index (χ2v) is 12.9. The molecular weight excluding hydrogens is 525 g/mol. The molecule has 1 N–H and O–H groups in total. The predicted octanol–water partition coefficient (Wildman–Crippen LogP) is 7.59. The molecule has 41 heavy (non-hydrogen) atoms. The number of rotatable bonds is 4. The van der Waals surface area contributed by atoms with Crippen molar-refractivity contribution in [2.45, 2.75) is 68.9 Å². The molecule has 4 bridgehead atoms. The number of fused-ring (bicyclic) bond motifs is 1. The van der Waals surface area contributed by atoms with Crippen LogP contribution in [0.25, 0.3) is 28.0 Å². The van der Waals surface area contributed by atoms with Gasteiger partial charge in [0.2, 0.25) is 0 Å². The number of hydrogen-bond donors (Lipinski definition) is 1. The summed E-state index contributed by atoms with van der Waals surface area (Å²) in [7, 11) is 0. The van der Waals surface area contributed by atoms with Crippen molar-refractivity contribution in [2.24, 2.45) is 17.8 Å². The van der Waals surface area contributed by atoms with Crippen LogP contribution in [0.4, 0.5) is 13.2 Å². The molecule has 0 radical (unpaired) electrons. The Morgan fingerprint density at radius 3 is 2.02 bits per heavy atom. The van der Waals surface area contributed by atoms with Crippen molar-refractivity contribution >= 4 is 5.65 Å². The summed E-state index contributed by atoms with van der Waals surface area (Å²) in [5, 5.41) is 14.3. The molecule has 4 aromatic rings. The molecule has 0 atom stereocenters. The van der Waals surface area contributed by atoms with E-state index in [1.54, 1.807) is 24.3 Å². The molecule has 5 fully saturated rings. The van der Waals surface area contributed by atoms with Crippen molar-refractivity contribution in [3.8, 4) is 28.5 Å². The van der Waals surface area contributed by atoms with Gasteiger partial charge in [-0.15, -0.1) is 0 Å². The lowest BCUT2D eigenvalue weighted by Crippen LogP contribution is -2.49. The van der Waals surface area contributed by atoms with Gasteiger partial charge in [0.1, 0.15) is 5.65 Å². The van der Waals surface area contributed by atoms with E-state index in [9.17, 15) is 23.2 Å². The number of aromatic nitrogens is 3. The Morgan fingerprint density at radius 1 is 0.902 bits per heavy atom. The Hall–Kier alpha value is -3.86. The van der Waals surface area contributed by atoms with E-state index in [1.807, 2.05) is 0 Å². The maximum atomic E-state index is 14.4. The molecule has 0 spiro atoms. The smallest absolute Gasteiger partial charge is 0.339 e. The van der Waals surface area contributed by atoms with E-state index in [4.69, 9.17) is 5.10 Å². The Kier molecular flexibility index (Phi) is 5.21. The van der Waals surface area contributed by atoms with Gasteiger partial charge in [0, 0.05) is 16.9 Å². The number of hydrogen-bond acceptors (Lipinski definition) is 3. The molecule has 5 aliphatic carbocycles. The van der Waals surface area contributed by atoms with Crippen LogP contribution in [0.15, 0.2) is 53.3 Å². The van der Waals surface area contributed by atoms with Crippen molar-refractivity contribution in [1.29, 1.82) is 5.26 Å². The average molecular weight is 555 g/mol. The minimum absolute atomic E-state index is 0.00919. The highest BCUT2D eigenvalue weighted by Crippen LogP contribution is 2.62. The minimum Gasteiger partial charge on any atom is -0.339 e. The van der Waals surface area contributed by atoms with Gasteiger partial charge in [-0.25, -0.2) is 0 Å². The maximum Gasteiger partial charge on any atom is 0.416 e. The standard InChI is InChI=1S/C33H29F3N4O/c34-33(35,36)25-9-7-23(8-10-25)28-26(22-3-1-18(17-37)2-4-22)31(41)40-30(38-28)27(29(39-40)24-5-6-24)32-14-19-11-20(15-32)13-21(12-19)16-32/h1-4,7-10,19-21,24,38H,5-6,11-16H2. The quantitative estimate of drug-likeness (QED) is 0.282. The molecule has 2 heterocycles. The highest BCUT2D eigenvalue weighted by molar-refractivity contribution is 5.82. The number of aromatic amines is 1. The SMILES string of the molecule is N#Cc1ccc(-c2c(-c3ccc(C(F)(F)F)cc3)[nH]c3c(C45CC6CC(CC(C6)C4)C5)c(C4CC4)nn3c2=O)cc1. The summed E-state index contributed by atoms with van der Waals surface area (Å²) in [5.74, 6) is 2.48. The minimum atomic E-state index is -4.46. The third-order valence-corrected chi connectivity index (χ3v) is 10.1. The molecule has 2 aromatic carbocycles. The van der Waals surface area contributed by atoms with Crippen LogP contribution >= 0.6 is 0 Å². The first kappa shape index (κ1) is 24.9. The third-order valence-electron chi connectivity index (χ3n) is 10.1. The van der Waals surface area contributed by atoms with Gasteiger partial charge in [0.25, 0.3) is 5.56 Å². The number of halogens is 3. The largest absolute Gasteiger partial charge is 0.416 e. The number of nitrogens with zero attached hydrogens (tertiary/aromatic N) is 3. The molecule has 2 aromatic heterocycles. The van der Waals surface area contributed by atoms with Gasteiger partial charge in [-0.05, 0) is 105 Å². The summed E-state index contributed by atoms with van der Waals surface area (Å²) in [6.07, 6.45) is 4.92. The van der Waals surface area contributed by atoms with Crippen LogP contribution in [0.5, 0.6) is 0 Å². The molecule has 9 rings (SSSR count). The molecule has 0 aliphatic heterocycles. The average Bonchev–Trinajstić information content (AvgIpc) is 3.71. The zero-order valence-corrected chi connectivity index (χ0v) is 22.5. The van der Waals surface area contributed by atoms with Crippen molar-refractivity contribution in [3.63, 3.8) is 0 Å². The number of nitrogens with one attached hydrogen (secondary N) is 1. The van der Waals surface area contributed by atoms with Crippen LogP contribution < -0.4 is 5.56 Å². The molecule has 0 unspecified atom stereocenters. The first-order chi connectivity index (χ1) is 19.7. The van der Waals surface area contributed by atoms with Gasteiger partial charge in [-0.2, -0.15) is 28.0 Å². The number of nitriles is 1. The molecule has 8 heteroatoms. The van der Waals surface area contributed by atoms with E-state index >= 15 is 0 Å². The predicted molar refractivity (Wildman–Crippen MR) is 148 cm³/mol. The fourth-order valence-electron chi connectivity index (χ4n) is 8.69. The van der Waals surface area contributed by atoms with Crippen LogP contribution in [0.1, 0.15) is 79.7 Å². The van der Waals surface area contributed by atoms with Crippen LogP contribution in [0.3, 0.4) is 0 Å². The van der Waals surface area contributed by atoms with Gasteiger partial charge in [0.05, 0.1) is 34.1 Å². The number of alkyl halides is 3. The van der Waals surface area contributed by atoms with Gasteiger partial charge in [0.15, 0.2) is 0 Å². The second-order valence-electron chi connectivity index (χ2n) is 12.9. The molecule has 5 aliphatic rings. The Labute approximate surface area is 235 Å². The van der Waals surface area contributed by atoms with E-state index in [1.165, 1.54) is 41.5 Å². The van der Waals surface area contributed by atoms with Crippen molar-refractivity contribution in [3.05, 3.63) is 81.3 Å². The van der Waals surface area contributed by atoms with E-state index in [0.29, 0.717) is 57.3 Å². The van der Waals surface area contributed by atoms with E-state index in [0.717, 1.165) is 49.9 Å². The lowest BCUT2D eigenvalue weighted by Gasteiger charge is -2.57. The summed E-state index contributed by atoms with van der Waals surface area (Å²) < 4.78 is 41.8. The maximum absolute atomic E-state index is 14.4. The van der Waals surface area contributed by atoms with Gasteiger partial charge in [-0.1, -0.05) is 24.3 Å². The summed E-state index contributed by atoms with van der Waals surface area (Å²) >= 11 is 0. The summed E-state index contributed by atoms with van der Waals surface area (Å²) in [6.45, 7) is 0. The molecule has 208 valence electrons. The number of benzene rings is 2. The summed E-state index contributed by atoms with van der Waals surface area (Å²) in [4.78, 5) is 18.0. The third kappa shape index (κ3) is 3.88. The fourth-order valence-corrected chi connectivity index (χ4v) is 8.69. The Morgan fingerprint density at radius 2 is 1.49 bits per heavy atom. The zero-order valence-electron chi connectivity index (χ0n) is 22.5. The highest BCUT2D eigenvalue weighted by atomic mass is 19.4. The van der Waals surface area contributed by atoms with Crippen LogP contribution in [-0.4, -0.2) is 14.6 Å². The summed E-state index contributed by atoms with van der Waals surface area (Å²) in [5.41, 5.74) is 4.25. The van der Waals surface area contributed by atoms with Crippen LogP contribution in [-0.2, 0) is 11.6 Å². The van der Waals surface area contributed by atoms with Crippen LogP contribution in [0.2, 0.25) is 0 Å². The topological polar surface area (TPSA) is 73.9 Å². The number of H-pyrrole nitrogens is 1. The molecule has 5 saturated carbocycles. The molecule has 5 nitrogen and oxygen atoms in total. The summed E-state index contributed by atoms with van der Waals surface area (Å²) in [6, 6.07) is 13.8. The monoisotopic (exact) mass is 554 g/mol. The normalized spacial score (nSPS) is 26.9. The molecular formula is C33H29F3N4O. The highest BCUT2D eigenvalue weighted by Gasteiger charge is 2.54. The van der Waals surface area contributed by atoms with Crippen molar-refractivity contribution in [2.75, 3.05) is 0 Å². The van der Waals surface area contributed by atoms with Gasteiger partial charge >= 0.3 is 6.18 Å². The fraction of sp³-hybridized carbons (Fsp3) is 0.424. The van der Waals surface area contributed by atoms with E-state index in [-0.39, 0.29) is 11.0 Å². The van der Waals surface area contributed by atoms with Crippen molar-refractivity contribution < 1.29 is 13.2 Å². The van der Waals surface area contributed by atoms with Gasteiger partial charge < -0.3 is 4.98 Å². The van der Waals surface area contributed by atoms with E-state index < -0.39 is 11.7 Å². The molecule has 0 amide bonds. The second kappa shape index (κ2) is 8.58. The Bertz CT molecular complexity index is 1750. The van der Waals surface area contributed by atoms with Gasteiger partial charge in [-0.3, -0.25) is 4.79 Å². The van der Waals surface area contributed by atoms with Crippen LogP contribution in [0, 0.1) is 29.1 Å². The Balaban J connectivity index is 1.39. The molecule has 0 saturated heterocycles. The van der Waals surface area contributed by atoms with Crippen molar-refractivity contribution in [1.82, 2.24) is 14.6 Å².